The first-order valence-corrected chi connectivity index (χ1v) is 11.4. The highest BCUT2D eigenvalue weighted by Gasteiger charge is 2.20. The van der Waals surface area contributed by atoms with Gasteiger partial charge in [-0.05, 0) is 58.5 Å². The number of hydrogen-bond acceptors (Lipinski definition) is 2. The highest BCUT2D eigenvalue weighted by atomic mass is 16.5. The number of ether oxygens (including phenoxy) is 1. The minimum atomic E-state index is 0.843. The molecule has 0 saturated carbocycles. The lowest BCUT2D eigenvalue weighted by Gasteiger charge is -2.21. The van der Waals surface area contributed by atoms with Crippen molar-refractivity contribution in [3.8, 4) is 56.4 Å². The topological polar surface area (TPSA) is 22.4 Å². The van der Waals surface area contributed by atoms with Crippen LogP contribution in [0.2, 0.25) is 0 Å². The van der Waals surface area contributed by atoms with Gasteiger partial charge in [0.25, 0.3) is 0 Å². The van der Waals surface area contributed by atoms with Gasteiger partial charge in [-0.1, -0.05) is 84.9 Å². The molecular weight excluding hydrogens is 416 g/mol. The Kier molecular flexibility index (Phi) is 4.18. The van der Waals surface area contributed by atoms with Gasteiger partial charge in [-0.15, -0.1) is 0 Å². The number of rotatable bonds is 3. The summed E-state index contributed by atoms with van der Waals surface area (Å²) in [5.74, 6) is 3.48. The van der Waals surface area contributed by atoms with Crippen LogP contribution in [0.3, 0.4) is 0 Å². The predicted octanol–water partition coefficient (Wildman–Crippen LogP) is 9.21. The molecule has 2 nitrogen and oxygen atoms in total. The second kappa shape index (κ2) is 7.50. The summed E-state index contributed by atoms with van der Waals surface area (Å²) in [5.41, 5.74) is 6.78. The van der Waals surface area contributed by atoms with Crippen LogP contribution in [-0.2, 0) is 0 Å². The van der Waals surface area contributed by atoms with Crippen LogP contribution in [0.4, 0.5) is 0 Å². The van der Waals surface area contributed by atoms with Crippen molar-refractivity contribution in [1.29, 1.82) is 0 Å². The van der Waals surface area contributed by atoms with Crippen molar-refractivity contribution in [2.45, 2.75) is 0 Å². The molecule has 0 saturated heterocycles. The standard InChI is InChI=1S/C32H20O2/c1-2-6-21(7-3-1)22-12-14-23(15-13-22)28-18-19-29(33-28)25-16-17-30-27(20-25)26-10-4-8-24-9-5-11-31(34-30)32(24)26/h1-20H. The van der Waals surface area contributed by atoms with Crippen LogP contribution in [0.1, 0.15) is 0 Å². The lowest BCUT2D eigenvalue weighted by atomic mass is 9.93. The van der Waals surface area contributed by atoms with Crippen LogP contribution in [0.15, 0.2) is 126 Å². The van der Waals surface area contributed by atoms with Crippen LogP contribution in [0, 0.1) is 0 Å². The first-order valence-electron chi connectivity index (χ1n) is 11.4. The van der Waals surface area contributed by atoms with E-state index >= 15 is 0 Å². The van der Waals surface area contributed by atoms with Gasteiger partial charge in [0.05, 0.1) is 0 Å². The Morgan fingerprint density at radius 1 is 0.412 bits per heavy atom. The molecule has 5 aromatic carbocycles. The molecule has 0 atom stereocenters. The summed E-state index contributed by atoms with van der Waals surface area (Å²) < 4.78 is 12.5. The molecule has 6 aromatic rings. The molecule has 0 bridgehead atoms. The molecule has 0 fully saturated rings. The highest BCUT2D eigenvalue weighted by molar-refractivity contribution is 6.04. The van der Waals surface area contributed by atoms with E-state index in [-0.39, 0.29) is 0 Å². The van der Waals surface area contributed by atoms with Crippen molar-refractivity contribution in [2.24, 2.45) is 0 Å². The molecule has 0 amide bonds. The van der Waals surface area contributed by atoms with Gasteiger partial charge in [0.1, 0.15) is 23.0 Å². The smallest absolute Gasteiger partial charge is 0.135 e. The zero-order chi connectivity index (χ0) is 22.5. The molecule has 1 aliphatic rings. The number of hydrogen-bond donors (Lipinski definition) is 0. The summed E-state index contributed by atoms with van der Waals surface area (Å²) in [6, 6.07) is 41.9. The summed E-state index contributed by atoms with van der Waals surface area (Å²) in [6.45, 7) is 0. The zero-order valence-electron chi connectivity index (χ0n) is 18.4. The Labute approximate surface area is 197 Å². The van der Waals surface area contributed by atoms with E-state index in [4.69, 9.17) is 9.15 Å². The van der Waals surface area contributed by atoms with E-state index in [1.165, 1.54) is 22.1 Å². The molecule has 34 heavy (non-hydrogen) atoms. The second-order valence-electron chi connectivity index (χ2n) is 8.58. The maximum absolute atomic E-state index is 6.29. The first-order chi connectivity index (χ1) is 16.8. The Morgan fingerprint density at radius 3 is 1.91 bits per heavy atom. The molecule has 2 heterocycles. The van der Waals surface area contributed by atoms with E-state index in [1.807, 2.05) is 36.4 Å². The maximum atomic E-state index is 6.29. The quantitative estimate of drug-likeness (QED) is 0.275. The Bertz CT molecular complexity index is 1650. The van der Waals surface area contributed by atoms with E-state index in [0.717, 1.165) is 45.1 Å². The van der Waals surface area contributed by atoms with Crippen LogP contribution in [0.25, 0.3) is 55.7 Å². The average molecular weight is 437 g/mol. The highest BCUT2D eigenvalue weighted by Crippen LogP contribution is 2.47. The Balaban J connectivity index is 1.25. The van der Waals surface area contributed by atoms with Crippen LogP contribution in [0.5, 0.6) is 11.5 Å². The van der Waals surface area contributed by atoms with Crippen molar-refractivity contribution in [3.63, 3.8) is 0 Å². The second-order valence-corrected chi connectivity index (χ2v) is 8.58. The van der Waals surface area contributed by atoms with Crippen LogP contribution in [-0.4, -0.2) is 0 Å². The largest absolute Gasteiger partial charge is 0.456 e. The van der Waals surface area contributed by atoms with Crippen molar-refractivity contribution >= 4 is 10.8 Å². The number of fused-ring (bicyclic) bond motifs is 2. The third kappa shape index (κ3) is 3.04. The van der Waals surface area contributed by atoms with Crippen LogP contribution >= 0.6 is 0 Å². The molecule has 2 heteroatoms. The van der Waals surface area contributed by atoms with Gasteiger partial charge in [-0.3, -0.25) is 0 Å². The van der Waals surface area contributed by atoms with Crippen molar-refractivity contribution in [1.82, 2.24) is 0 Å². The van der Waals surface area contributed by atoms with Gasteiger partial charge in [0.2, 0.25) is 0 Å². The Morgan fingerprint density at radius 2 is 1.09 bits per heavy atom. The van der Waals surface area contributed by atoms with Gasteiger partial charge < -0.3 is 9.15 Å². The average Bonchev–Trinajstić information content (AvgIpc) is 3.40. The molecule has 0 aliphatic carbocycles. The summed E-state index contributed by atoms with van der Waals surface area (Å²) in [4.78, 5) is 0. The number of furan rings is 1. The lowest BCUT2D eigenvalue weighted by molar-refractivity contribution is 0.487. The molecule has 1 aliphatic heterocycles. The van der Waals surface area contributed by atoms with Crippen molar-refractivity contribution < 1.29 is 9.15 Å². The Hall–Kier alpha value is -4.56. The minimum Gasteiger partial charge on any atom is -0.456 e. The van der Waals surface area contributed by atoms with Gasteiger partial charge in [0, 0.05) is 22.1 Å². The fourth-order valence-electron chi connectivity index (χ4n) is 4.82. The third-order valence-corrected chi connectivity index (χ3v) is 6.52. The van der Waals surface area contributed by atoms with Gasteiger partial charge in [-0.2, -0.15) is 0 Å². The molecule has 0 spiro atoms. The molecule has 1 aromatic heterocycles. The fraction of sp³-hybridized carbons (Fsp3) is 0. The van der Waals surface area contributed by atoms with Gasteiger partial charge in [-0.25, -0.2) is 0 Å². The summed E-state index contributed by atoms with van der Waals surface area (Å²) in [5, 5.41) is 2.35. The number of benzene rings is 5. The van der Waals surface area contributed by atoms with E-state index in [9.17, 15) is 0 Å². The van der Waals surface area contributed by atoms with Crippen molar-refractivity contribution in [3.05, 3.63) is 121 Å². The minimum absolute atomic E-state index is 0.843. The van der Waals surface area contributed by atoms with E-state index in [2.05, 4.69) is 84.9 Å². The summed E-state index contributed by atoms with van der Waals surface area (Å²) in [7, 11) is 0. The maximum Gasteiger partial charge on any atom is 0.135 e. The third-order valence-electron chi connectivity index (χ3n) is 6.52. The van der Waals surface area contributed by atoms with E-state index in [1.54, 1.807) is 0 Å². The summed E-state index contributed by atoms with van der Waals surface area (Å²) >= 11 is 0. The monoisotopic (exact) mass is 436 g/mol. The molecule has 0 radical (unpaired) electrons. The first kappa shape index (κ1) is 19.0. The lowest BCUT2D eigenvalue weighted by Crippen LogP contribution is -1.97. The van der Waals surface area contributed by atoms with Gasteiger partial charge >= 0.3 is 0 Å². The molecule has 7 rings (SSSR count). The molecule has 0 unspecified atom stereocenters. The van der Waals surface area contributed by atoms with E-state index < -0.39 is 0 Å². The SMILES string of the molecule is c1ccc(-c2ccc(-c3ccc(-c4ccc5c(c4)-c4cccc6cccc(c46)O5)o3)cc2)cc1. The van der Waals surface area contributed by atoms with Crippen LogP contribution < -0.4 is 4.74 Å². The molecule has 160 valence electrons. The molecular formula is C32H20O2. The predicted molar refractivity (Wildman–Crippen MR) is 138 cm³/mol. The van der Waals surface area contributed by atoms with E-state index in [0.29, 0.717) is 0 Å². The summed E-state index contributed by atoms with van der Waals surface area (Å²) in [6.07, 6.45) is 0. The van der Waals surface area contributed by atoms with Gasteiger partial charge in [0.15, 0.2) is 0 Å². The normalized spacial score (nSPS) is 11.8. The fourth-order valence-corrected chi connectivity index (χ4v) is 4.82. The zero-order valence-corrected chi connectivity index (χ0v) is 18.4. The molecule has 0 N–H and O–H groups in total. The van der Waals surface area contributed by atoms with Crippen molar-refractivity contribution in [2.75, 3.05) is 0 Å².